The Kier molecular flexibility index (Phi) is 7.06. The van der Waals surface area contributed by atoms with E-state index in [1.54, 1.807) is 6.07 Å². The molecule has 39 heavy (non-hydrogen) atoms. The molecule has 1 spiro atoms. The zero-order valence-corrected chi connectivity index (χ0v) is 20.8. The van der Waals surface area contributed by atoms with Gasteiger partial charge in [-0.2, -0.15) is 23.1 Å². The van der Waals surface area contributed by atoms with Crippen molar-refractivity contribution in [2.75, 3.05) is 30.3 Å². The molecule has 3 aromatic rings. The third-order valence-electron chi connectivity index (χ3n) is 7.43. The maximum Gasteiger partial charge on any atom is 0.429 e. The van der Waals surface area contributed by atoms with Crippen LogP contribution >= 0.6 is 0 Å². The highest BCUT2D eigenvalue weighted by atomic mass is 19.4. The summed E-state index contributed by atoms with van der Waals surface area (Å²) < 4.78 is 62.4. The van der Waals surface area contributed by atoms with Gasteiger partial charge in [-0.3, -0.25) is 4.79 Å². The lowest BCUT2D eigenvalue weighted by Gasteiger charge is -2.39. The second-order valence-electron chi connectivity index (χ2n) is 10.0. The number of piperidine rings is 1. The first kappa shape index (κ1) is 26.7. The highest BCUT2D eigenvalue weighted by molar-refractivity contribution is 5.74. The third kappa shape index (κ3) is 5.75. The van der Waals surface area contributed by atoms with E-state index in [0.29, 0.717) is 44.7 Å². The van der Waals surface area contributed by atoms with Crippen molar-refractivity contribution in [1.29, 1.82) is 0 Å². The molecule has 206 valence electrons. The number of carboxylic acids is 1. The van der Waals surface area contributed by atoms with Crippen LogP contribution in [0, 0.1) is 11.2 Å². The van der Waals surface area contributed by atoms with Gasteiger partial charge in [0.1, 0.15) is 17.7 Å². The molecular formula is C27H27F4N5O3. The molecular weight excluding hydrogens is 518 g/mol. The van der Waals surface area contributed by atoms with Crippen LogP contribution in [0.1, 0.15) is 30.9 Å². The van der Waals surface area contributed by atoms with E-state index < -0.39 is 30.1 Å². The number of hydrogen-bond acceptors (Lipinski definition) is 7. The summed E-state index contributed by atoms with van der Waals surface area (Å²) in [5, 5.41) is 12.4. The molecule has 2 aliphatic rings. The van der Waals surface area contributed by atoms with Crippen molar-refractivity contribution >= 4 is 17.7 Å². The Hall–Kier alpha value is -3.93. The fourth-order valence-electron chi connectivity index (χ4n) is 5.41. The minimum atomic E-state index is -4.82. The van der Waals surface area contributed by atoms with Crippen LogP contribution in [-0.2, 0) is 4.79 Å². The number of nitrogen functional groups attached to an aromatic ring is 1. The zero-order chi connectivity index (χ0) is 27.8. The molecule has 0 unspecified atom stereocenters. The second-order valence-corrected chi connectivity index (χ2v) is 10.0. The Morgan fingerprint density at radius 1 is 1.13 bits per heavy atom. The first-order valence-electron chi connectivity index (χ1n) is 12.5. The number of carboxylic acid groups (broad SMARTS) is 1. The molecule has 5 rings (SSSR count). The van der Waals surface area contributed by atoms with Gasteiger partial charge in [-0.15, -0.1) is 0 Å². The molecule has 0 saturated carbocycles. The van der Waals surface area contributed by atoms with Crippen molar-refractivity contribution in [3.05, 3.63) is 66.0 Å². The number of aliphatic carboxylic acids is 1. The number of nitrogens with two attached hydrogens (primary N) is 1. The molecule has 2 saturated heterocycles. The van der Waals surface area contributed by atoms with Gasteiger partial charge < -0.3 is 25.8 Å². The number of halogens is 4. The number of alkyl halides is 3. The molecule has 0 radical (unpaired) electrons. The van der Waals surface area contributed by atoms with Crippen molar-refractivity contribution in [3.8, 4) is 17.0 Å². The average molecular weight is 546 g/mol. The van der Waals surface area contributed by atoms with Crippen molar-refractivity contribution in [3.63, 3.8) is 0 Å². The maximum atomic E-state index is 14.3. The first-order valence-corrected chi connectivity index (χ1v) is 12.5. The summed E-state index contributed by atoms with van der Waals surface area (Å²) in [4.78, 5) is 21.4. The molecule has 4 N–H and O–H groups in total. The molecule has 1 aromatic heterocycles. The molecule has 0 aliphatic carbocycles. The van der Waals surface area contributed by atoms with Crippen LogP contribution in [0.25, 0.3) is 11.1 Å². The van der Waals surface area contributed by atoms with Gasteiger partial charge in [0.25, 0.3) is 0 Å². The van der Waals surface area contributed by atoms with E-state index in [1.807, 2.05) is 4.90 Å². The standard InChI is InChI=1S/C27H27F4N5O3/c28-17-5-3-4-16(12-17)18-6-1-2-7-19(18)23(27(29,30)31)39-22-13-21(34-25(32)35-22)36-10-8-26(9-11-36)14-20(24(37)38)33-15-26/h1-7,12-13,20,23,33H,8-11,14-15H2,(H,37,38)(H2,32,34,35)/t20-,23+/m0/s1. The highest BCUT2D eigenvalue weighted by Gasteiger charge is 2.45. The number of aromatic nitrogens is 2. The van der Waals surface area contributed by atoms with Crippen LogP contribution in [0.4, 0.5) is 29.3 Å². The van der Waals surface area contributed by atoms with Gasteiger partial charge in [-0.25, -0.2) is 4.39 Å². The summed E-state index contributed by atoms with van der Waals surface area (Å²) in [6, 6.07) is 11.9. The van der Waals surface area contributed by atoms with E-state index in [2.05, 4.69) is 15.3 Å². The number of hydrogen-bond donors (Lipinski definition) is 3. The fraction of sp³-hybridized carbons (Fsp3) is 0.370. The molecule has 2 fully saturated rings. The molecule has 2 atom stereocenters. The topological polar surface area (TPSA) is 114 Å². The maximum absolute atomic E-state index is 14.3. The SMILES string of the molecule is Nc1nc(O[C@H](c2ccccc2-c2cccc(F)c2)C(F)(F)F)cc(N2CCC3(CC2)CN[C@H](C(=O)O)C3)n1. The van der Waals surface area contributed by atoms with E-state index in [-0.39, 0.29) is 33.9 Å². The van der Waals surface area contributed by atoms with Gasteiger partial charge >= 0.3 is 12.1 Å². The van der Waals surface area contributed by atoms with Crippen molar-refractivity contribution < 1.29 is 32.2 Å². The van der Waals surface area contributed by atoms with Crippen LogP contribution in [0.5, 0.6) is 5.88 Å². The van der Waals surface area contributed by atoms with E-state index in [4.69, 9.17) is 10.5 Å². The number of nitrogens with zero attached hydrogens (tertiary/aromatic N) is 3. The Labute approximate surface area is 221 Å². The molecule has 8 nitrogen and oxygen atoms in total. The van der Waals surface area contributed by atoms with Crippen molar-refractivity contribution in [2.45, 2.75) is 37.6 Å². The lowest BCUT2D eigenvalue weighted by Crippen LogP contribution is -2.41. The molecule has 2 aromatic carbocycles. The number of benzene rings is 2. The molecule has 0 bridgehead atoms. The van der Waals surface area contributed by atoms with Crippen molar-refractivity contribution in [1.82, 2.24) is 15.3 Å². The lowest BCUT2D eigenvalue weighted by atomic mass is 9.76. The molecule has 2 aliphatic heterocycles. The smallest absolute Gasteiger partial charge is 0.429 e. The van der Waals surface area contributed by atoms with E-state index in [9.17, 15) is 27.5 Å². The molecule has 12 heteroatoms. The zero-order valence-electron chi connectivity index (χ0n) is 20.8. The van der Waals surface area contributed by atoms with Crippen molar-refractivity contribution in [2.24, 2.45) is 5.41 Å². The monoisotopic (exact) mass is 545 g/mol. The minimum Gasteiger partial charge on any atom is -0.480 e. The Balaban J connectivity index is 1.39. The normalized spacial score (nSPS) is 19.7. The van der Waals surface area contributed by atoms with Crippen LogP contribution in [0.2, 0.25) is 0 Å². The van der Waals surface area contributed by atoms with Crippen LogP contribution in [-0.4, -0.2) is 52.9 Å². The Bertz CT molecular complexity index is 1360. The summed E-state index contributed by atoms with van der Waals surface area (Å²) in [5.41, 5.74) is 5.97. The predicted octanol–water partition coefficient (Wildman–Crippen LogP) is 4.58. The van der Waals surface area contributed by atoms with Crippen LogP contribution in [0.15, 0.2) is 54.6 Å². The van der Waals surface area contributed by atoms with E-state index in [0.717, 1.165) is 6.07 Å². The minimum absolute atomic E-state index is 0.153. The summed E-state index contributed by atoms with van der Waals surface area (Å²) in [6.45, 7) is 1.64. The number of rotatable bonds is 6. The van der Waals surface area contributed by atoms with Gasteiger partial charge in [0.2, 0.25) is 17.9 Å². The number of nitrogens with one attached hydrogen (secondary N) is 1. The summed E-state index contributed by atoms with van der Waals surface area (Å²) in [6.07, 6.45) is -5.32. The van der Waals surface area contributed by atoms with E-state index in [1.165, 1.54) is 42.5 Å². The number of anilines is 2. The Morgan fingerprint density at radius 3 is 2.54 bits per heavy atom. The first-order chi connectivity index (χ1) is 18.5. The van der Waals surface area contributed by atoms with Gasteiger partial charge in [0, 0.05) is 31.3 Å². The second kappa shape index (κ2) is 10.3. The predicted molar refractivity (Wildman–Crippen MR) is 136 cm³/mol. The van der Waals surface area contributed by atoms with E-state index >= 15 is 0 Å². The highest BCUT2D eigenvalue weighted by Crippen LogP contribution is 2.43. The Morgan fingerprint density at radius 2 is 1.87 bits per heavy atom. The summed E-state index contributed by atoms with van der Waals surface area (Å²) in [5.74, 6) is -1.71. The molecule has 0 amide bonds. The van der Waals surface area contributed by atoms with Gasteiger partial charge in [-0.05, 0) is 47.9 Å². The largest absolute Gasteiger partial charge is 0.480 e. The summed E-state index contributed by atoms with van der Waals surface area (Å²) in [7, 11) is 0. The third-order valence-corrected chi connectivity index (χ3v) is 7.43. The lowest BCUT2D eigenvalue weighted by molar-refractivity contribution is -0.198. The fourth-order valence-corrected chi connectivity index (χ4v) is 5.41. The van der Waals surface area contributed by atoms with Gasteiger partial charge in [0.15, 0.2) is 0 Å². The molecule has 3 heterocycles. The summed E-state index contributed by atoms with van der Waals surface area (Å²) >= 11 is 0. The quantitative estimate of drug-likeness (QED) is 0.386. The van der Waals surface area contributed by atoms with Gasteiger partial charge in [-0.1, -0.05) is 36.4 Å². The van der Waals surface area contributed by atoms with Crippen LogP contribution in [0.3, 0.4) is 0 Å². The van der Waals surface area contributed by atoms with Crippen LogP contribution < -0.4 is 20.7 Å². The van der Waals surface area contributed by atoms with Gasteiger partial charge in [0.05, 0.1) is 0 Å². The average Bonchev–Trinajstić information content (AvgIpc) is 3.30. The number of ether oxygens (including phenoxy) is 1. The number of carbonyl (C=O) groups is 1.